The van der Waals surface area contributed by atoms with Crippen molar-refractivity contribution in [1.29, 1.82) is 0 Å². The van der Waals surface area contributed by atoms with Crippen LogP contribution in [0.2, 0.25) is 0 Å². The van der Waals surface area contributed by atoms with Crippen molar-refractivity contribution in [2.24, 2.45) is 0 Å². The van der Waals surface area contributed by atoms with E-state index in [1.807, 2.05) is 25.3 Å². The van der Waals surface area contributed by atoms with Gasteiger partial charge in [0.05, 0.1) is 29.5 Å². The van der Waals surface area contributed by atoms with Gasteiger partial charge in [-0.15, -0.1) is 0 Å². The molecule has 1 aromatic carbocycles. The molecule has 0 N–H and O–H groups in total. The minimum atomic E-state index is -4.44. The molecule has 33 heavy (non-hydrogen) atoms. The molecule has 0 saturated heterocycles. The minimum Gasteiger partial charge on any atom is -0.269 e. The number of hydrogen-bond donors (Lipinski definition) is 0. The third kappa shape index (κ3) is 4.34. The first-order chi connectivity index (χ1) is 15.7. The fourth-order valence-electron chi connectivity index (χ4n) is 4.48. The van der Waals surface area contributed by atoms with Gasteiger partial charge in [0.1, 0.15) is 5.67 Å². The van der Waals surface area contributed by atoms with Gasteiger partial charge in [-0.1, -0.05) is 31.0 Å². The van der Waals surface area contributed by atoms with Crippen LogP contribution in [0.25, 0.3) is 33.3 Å². The highest BCUT2D eigenvalue weighted by atomic mass is 19.4. The molecule has 1 aliphatic carbocycles. The molecule has 4 nitrogen and oxygen atoms in total. The smallest absolute Gasteiger partial charge is 0.269 e. The molecular formula is C25H22F4N4. The van der Waals surface area contributed by atoms with E-state index < -0.39 is 17.4 Å². The van der Waals surface area contributed by atoms with Gasteiger partial charge in [0.15, 0.2) is 0 Å². The number of alkyl halides is 4. The Kier molecular flexibility index (Phi) is 5.18. The quantitative estimate of drug-likeness (QED) is 0.320. The summed E-state index contributed by atoms with van der Waals surface area (Å²) in [5.74, 6) is 0. The average Bonchev–Trinajstić information content (AvgIpc) is 3.41. The number of nitrogens with zero attached hydrogens (tertiary/aromatic N) is 4. The van der Waals surface area contributed by atoms with Crippen molar-refractivity contribution in [1.82, 2.24) is 19.7 Å². The van der Waals surface area contributed by atoms with Gasteiger partial charge in [-0.05, 0) is 38.0 Å². The average molecular weight is 454 g/mol. The second kappa shape index (κ2) is 7.93. The Balaban J connectivity index is 1.52. The Labute approximate surface area is 188 Å². The summed E-state index contributed by atoms with van der Waals surface area (Å²) >= 11 is 0. The molecule has 0 spiro atoms. The fraction of sp³-hybridized carbons (Fsp3) is 0.320. The number of rotatable bonds is 4. The molecule has 170 valence electrons. The summed E-state index contributed by atoms with van der Waals surface area (Å²) in [6.07, 6.45) is 2.83. The molecule has 4 aromatic rings. The van der Waals surface area contributed by atoms with Crippen molar-refractivity contribution < 1.29 is 17.6 Å². The molecule has 0 bridgehead atoms. The molecule has 3 aromatic heterocycles. The van der Waals surface area contributed by atoms with Crippen molar-refractivity contribution in [3.05, 3.63) is 66.2 Å². The van der Waals surface area contributed by atoms with Gasteiger partial charge >= 0.3 is 6.18 Å². The lowest BCUT2D eigenvalue weighted by molar-refractivity contribution is -0.137. The van der Waals surface area contributed by atoms with E-state index in [1.165, 1.54) is 0 Å². The van der Waals surface area contributed by atoms with E-state index in [9.17, 15) is 17.6 Å². The number of pyridine rings is 2. The molecule has 0 amide bonds. The van der Waals surface area contributed by atoms with Gasteiger partial charge < -0.3 is 0 Å². The monoisotopic (exact) mass is 454 g/mol. The fourth-order valence-corrected chi connectivity index (χ4v) is 4.48. The minimum absolute atomic E-state index is 0.225. The Hall–Kier alpha value is -3.29. The highest BCUT2D eigenvalue weighted by Gasteiger charge is 2.34. The van der Waals surface area contributed by atoms with Crippen molar-refractivity contribution >= 4 is 10.9 Å². The van der Waals surface area contributed by atoms with E-state index in [-0.39, 0.29) is 6.54 Å². The summed E-state index contributed by atoms with van der Waals surface area (Å²) in [6.45, 7) is 2.10. The second-order valence-corrected chi connectivity index (χ2v) is 8.76. The summed E-state index contributed by atoms with van der Waals surface area (Å²) < 4.78 is 55.6. The van der Waals surface area contributed by atoms with E-state index >= 15 is 0 Å². The highest BCUT2D eigenvalue weighted by molar-refractivity contribution is 5.88. The topological polar surface area (TPSA) is 43.6 Å². The first-order valence-electron chi connectivity index (χ1n) is 10.9. The summed E-state index contributed by atoms with van der Waals surface area (Å²) in [4.78, 5) is 8.71. The van der Waals surface area contributed by atoms with Crippen LogP contribution < -0.4 is 0 Å². The van der Waals surface area contributed by atoms with Crippen LogP contribution in [-0.2, 0) is 12.7 Å². The third-order valence-corrected chi connectivity index (χ3v) is 6.21. The molecule has 0 atom stereocenters. The van der Waals surface area contributed by atoms with Gasteiger partial charge in [0.2, 0.25) is 0 Å². The van der Waals surface area contributed by atoms with Crippen LogP contribution >= 0.6 is 0 Å². The Morgan fingerprint density at radius 2 is 1.79 bits per heavy atom. The molecule has 1 aliphatic rings. The lowest BCUT2D eigenvalue weighted by atomic mass is 9.99. The maximum absolute atomic E-state index is 14.9. The molecule has 0 radical (unpaired) electrons. The van der Waals surface area contributed by atoms with Gasteiger partial charge in [0, 0.05) is 40.2 Å². The summed E-state index contributed by atoms with van der Waals surface area (Å²) in [5, 5.41) is 4.77. The third-order valence-electron chi connectivity index (χ3n) is 6.21. The molecule has 3 heterocycles. The first-order valence-corrected chi connectivity index (χ1v) is 10.9. The Bertz CT molecular complexity index is 1320. The first kappa shape index (κ1) is 21.6. The van der Waals surface area contributed by atoms with Crippen LogP contribution in [0.1, 0.15) is 36.9 Å². The number of fused-ring (bicyclic) bond motifs is 1. The van der Waals surface area contributed by atoms with E-state index in [4.69, 9.17) is 4.98 Å². The van der Waals surface area contributed by atoms with Crippen molar-refractivity contribution in [3.8, 4) is 22.4 Å². The van der Waals surface area contributed by atoms with Gasteiger partial charge in [0.25, 0.3) is 0 Å². The summed E-state index contributed by atoms with van der Waals surface area (Å²) in [6, 6.07) is 10.0. The van der Waals surface area contributed by atoms with Crippen LogP contribution in [0, 0.1) is 6.92 Å². The maximum Gasteiger partial charge on any atom is 0.417 e. The largest absolute Gasteiger partial charge is 0.417 e. The lowest BCUT2D eigenvalue weighted by Gasteiger charge is -2.18. The maximum atomic E-state index is 14.9. The molecule has 1 fully saturated rings. The van der Waals surface area contributed by atoms with Crippen molar-refractivity contribution in [2.45, 2.75) is 51.0 Å². The number of benzene rings is 1. The number of halogens is 4. The van der Waals surface area contributed by atoms with Crippen molar-refractivity contribution in [2.75, 3.05) is 0 Å². The van der Waals surface area contributed by atoms with Crippen LogP contribution in [0.15, 0.2) is 55.0 Å². The van der Waals surface area contributed by atoms with Crippen LogP contribution in [-0.4, -0.2) is 25.4 Å². The Morgan fingerprint density at radius 1 is 1.00 bits per heavy atom. The zero-order valence-corrected chi connectivity index (χ0v) is 18.0. The molecule has 5 rings (SSSR count). The molecule has 8 heteroatoms. The van der Waals surface area contributed by atoms with E-state index in [0.29, 0.717) is 29.4 Å². The predicted octanol–water partition coefficient (Wildman–Crippen LogP) is 6.77. The normalized spacial score (nSPS) is 15.9. The SMILES string of the molecule is Cc1ccc(-c2cnn(CC3(F)CCCC3)c2)c(-c2ccc3cc(C(F)(F)F)cnc3c2)n1. The zero-order valence-electron chi connectivity index (χ0n) is 18.0. The van der Waals surface area contributed by atoms with Gasteiger partial charge in [-0.3, -0.25) is 14.6 Å². The van der Waals surface area contributed by atoms with E-state index in [1.54, 1.807) is 29.1 Å². The van der Waals surface area contributed by atoms with Gasteiger partial charge in [-0.2, -0.15) is 18.3 Å². The number of hydrogen-bond acceptors (Lipinski definition) is 3. The molecular weight excluding hydrogens is 432 g/mol. The van der Waals surface area contributed by atoms with Gasteiger partial charge in [-0.25, -0.2) is 4.39 Å². The molecule has 0 unspecified atom stereocenters. The van der Waals surface area contributed by atoms with E-state index in [2.05, 4.69) is 10.1 Å². The molecule has 1 saturated carbocycles. The second-order valence-electron chi connectivity index (χ2n) is 8.76. The van der Waals surface area contributed by atoms with E-state index in [0.717, 1.165) is 47.5 Å². The lowest BCUT2D eigenvalue weighted by Crippen LogP contribution is -2.25. The standard InChI is InChI=1S/C25H22F4N4/c1-16-4-7-21(19-12-31-33(14-19)15-24(26)8-2-3-9-24)23(32-16)18-6-5-17-10-20(25(27,28)29)13-30-22(17)11-18/h4-7,10-14H,2-3,8-9,15H2,1H3. The van der Waals surface area contributed by atoms with Crippen LogP contribution in [0.4, 0.5) is 17.6 Å². The highest BCUT2D eigenvalue weighted by Crippen LogP contribution is 2.37. The Morgan fingerprint density at radius 3 is 2.55 bits per heavy atom. The predicted molar refractivity (Wildman–Crippen MR) is 118 cm³/mol. The van der Waals surface area contributed by atoms with Crippen LogP contribution in [0.3, 0.4) is 0 Å². The zero-order chi connectivity index (χ0) is 23.2. The number of aromatic nitrogens is 4. The molecule has 0 aliphatic heterocycles. The summed E-state index contributed by atoms with van der Waals surface area (Å²) in [7, 11) is 0. The summed E-state index contributed by atoms with van der Waals surface area (Å²) in [5.41, 5.74) is 2.29. The van der Waals surface area contributed by atoms with Crippen LogP contribution in [0.5, 0.6) is 0 Å². The number of aryl methyl sites for hydroxylation is 1. The van der Waals surface area contributed by atoms with Crippen molar-refractivity contribution in [3.63, 3.8) is 0 Å².